The predicted octanol–water partition coefficient (Wildman–Crippen LogP) is 0.0669. The lowest BCUT2D eigenvalue weighted by atomic mass is 9.89. The molecule has 4 unspecified atom stereocenters. The van der Waals surface area contributed by atoms with Gasteiger partial charge in [0.2, 0.25) is 11.8 Å². The Morgan fingerprint density at radius 1 is 0.971 bits per heavy atom. The van der Waals surface area contributed by atoms with E-state index in [1.54, 1.807) is 48.5 Å². The van der Waals surface area contributed by atoms with E-state index in [-0.39, 0.29) is 18.4 Å². The Morgan fingerprint density at radius 2 is 1.54 bits per heavy atom. The molecule has 0 aliphatic heterocycles. The molecular formula is C25H29N3O7. The van der Waals surface area contributed by atoms with Crippen molar-refractivity contribution in [3.05, 3.63) is 71.3 Å². The largest absolute Gasteiger partial charge is 0.497 e. The molecule has 0 aromatic heterocycles. The van der Waals surface area contributed by atoms with E-state index in [0.717, 1.165) is 5.56 Å². The van der Waals surface area contributed by atoms with Crippen molar-refractivity contribution < 1.29 is 34.1 Å². The molecular weight excluding hydrogens is 454 g/mol. The van der Waals surface area contributed by atoms with Crippen LogP contribution in [0.25, 0.3) is 0 Å². The molecule has 0 spiro atoms. The maximum Gasteiger partial charge on any atom is 0.251 e. The average Bonchev–Trinajstić information content (AvgIpc) is 2.86. The number of hydrogen-bond donors (Lipinski definition) is 5. The summed E-state index contributed by atoms with van der Waals surface area (Å²) in [5.41, 5.74) is 6.68. The molecule has 10 nitrogen and oxygen atoms in total. The number of primary amides is 1. The summed E-state index contributed by atoms with van der Waals surface area (Å²) < 4.78 is 10.2. The predicted molar refractivity (Wildman–Crippen MR) is 127 cm³/mol. The normalized spacial score (nSPS) is 20.2. The summed E-state index contributed by atoms with van der Waals surface area (Å²) in [4.78, 5) is 37.5. The summed E-state index contributed by atoms with van der Waals surface area (Å²) in [6.07, 6.45) is -1.24. The molecule has 0 radical (unpaired) electrons. The molecule has 0 saturated carbocycles. The molecule has 10 heteroatoms. The summed E-state index contributed by atoms with van der Waals surface area (Å²) in [5, 5.41) is 25.9. The van der Waals surface area contributed by atoms with Gasteiger partial charge in [0.1, 0.15) is 23.6 Å². The number of carbonyl (C=O) groups is 3. The summed E-state index contributed by atoms with van der Waals surface area (Å²) in [7, 11) is 3.05. The van der Waals surface area contributed by atoms with Gasteiger partial charge in [-0.3, -0.25) is 14.4 Å². The fourth-order valence-electron chi connectivity index (χ4n) is 3.71. The molecule has 2 aromatic rings. The number of carbonyl (C=O) groups excluding carboxylic acids is 3. The molecule has 35 heavy (non-hydrogen) atoms. The third-order valence-corrected chi connectivity index (χ3v) is 5.76. The van der Waals surface area contributed by atoms with Crippen molar-refractivity contribution in [3.63, 3.8) is 0 Å². The summed E-state index contributed by atoms with van der Waals surface area (Å²) in [6.45, 7) is 0. The molecule has 2 aromatic carbocycles. The van der Waals surface area contributed by atoms with Crippen molar-refractivity contribution in [2.24, 2.45) is 5.73 Å². The van der Waals surface area contributed by atoms with Gasteiger partial charge in [-0.05, 0) is 42.0 Å². The zero-order chi connectivity index (χ0) is 25.5. The van der Waals surface area contributed by atoms with Crippen LogP contribution in [0.4, 0.5) is 0 Å². The van der Waals surface area contributed by atoms with Gasteiger partial charge in [-0.25, -0.2) is 0 Å². The van der Waals surface area contributed by atoms with Gasteiger partial charge in [-0.15, -0.1) is 0 Å². The van der Waals surface area contributed by atoms with Gasteiger partial charge >= 0.3 is 0 Å². The van der Waals surface area contributed by atoms with Crippen LogP contribution < -0.4 is 25.8 Å². The second kappa shape index (κ2) is 11.5. The Morgan fingerprint density at radius 3 is 2.09 bits per heavy atom. The second-order valence-electron chi connectivity index (χ2n) is 8.16. The van der Waals surface area contributed by atoms with E-state index in [0.29, 0.717) is 17.1 Å². The van der Waals surface area contributed by atoms with Crippen LogP contribution in [0.3, 0.4) is 0 Å². The Balaban J connectivity index is 1.71. The van der Waals surface area contributed by atoms with Crippen molar-refractivity contribution in [1.29, 1.82) is 0 Å². The lowest BCUT2D eigenvalue weighted by Gasteiger charge is -2.31. The van der Waals surface area contributed by atoms with Gasteiger partial charge in [0.25, 0.3) is 5.91 Å². The van der Waals surface area contributed by atoms with Crippen LogP contribution in [-0.4, -0.2) is 66.4 Å². The van der Waals surface area contributed by atoms with E-state index in [2.05, 4.69) is 10.6 Å². The van der Waals surface area contributed by atoms with Crippen LogP contribution in [0.1, 0.15) is 22.3 Å². The van der Waals surface area contributed by atoms with E-state index >= 15 is 0 Å². The first-order valence-corrected chi connectivity index (χ1v) is 11.0. The van der Waals surface area contributed by atoms with Crippen molar-refractivity contribution in [2.45, 2.75) is 37.1 Å². The Hall–Kier alpha value is -3.89. The highest BCUT2D eigenvalue weighted by atomic mass is 16.5. The number of aliphatic hydroxyl groups excluding tert-OH is 2. The highest BCUT2D eigenvalue weighted by Crippen LogP contribution is 2.21. The van der Waals surface area contributed by atoms with Gasteiger partial charge in [0, 0.05) is 24.0 Å². The van der Waals surface area contributed by atoms with Crippen LogP contribution in [0.2, 0.25) is 0 Å². The molecule has 0 bridgehead atoms. The minimum absolute atomic E-state index is 0.115. The maximum atomic E-state index is 12.9. The molecule has 3 amide bonds. The van der Waals surface area contributed by atoms with Gasteiger partial charge in [0.15, 0.2) is 0 Å². The van der Waals surface area contributed by atoms with Crippen molar-refractivity contribution >= 4 is 17.7 Å². The fourth-order valence-corrected chi connectivity index (χ4v) is 3.71. The molecule has 4 atom stereocenters. The summed E-state index contributed by atoms with van der Waals surface area (Å²) in [6, 6.07) is 11.3. The SMILES string of the molecule is COc1ccc(CC(NC(=O)C2=CC(NC(=O)c3ccc(OC)cc3)C(O)C(O)C2)C(N)=O)cc1. The minimum Gasteiger partial charge on any atom is -0.497 e. The average molecular weight is 484 g/mol. The monoisotopic (exact) mass is 483 g/mol. The molecule has 186 valence electrons. The summed E-state index contributed by atoms with van der Waals surface area (Å²) in [5.74, 6) is -0.632. The molecule has 1 aliphatic carbocycles. The number of nitrogens with one attached hydrogen (secondary N) is 2. The fraction of sp³-hybridized carbons (Fsp3) is 0.320. The molecule has 3 rings (SSSR count). The van der Waals surface area contributed by atoms with Crippen molar-refractivity contribution in [3.8, 4) is 11.5 Å². The van der Waals surface area contributed by atoms with Crippen LogP contribution in [0.5, 0.6) is 11.5 Å². The first kappa shape index (κ1) is 25.7. The maximum absolute atomic E-state index is 12.9. The number of rotatable bonds is 9. The Labute approximate surface area is 202 Å². The topological polar surface area (TPSA) is 160 Å². The zero-order valence-corrected chi connectivity index (χ0v) is 19.4. The van der Waals surface area contributed by atoms with Gasteiger partial charge in [-0.1, -0.05) is 18.2 Å². The number of aliphatic hydroxyl groups is 2. The Bertz CT molecular complexity index is 1080. The van der Waals surface area contributed by atoms with E-state index in [4.69, 9.17) is 15.2 Å². The van der Waals surface area contributed by atoms with Crippen LogP contribution >= 0.6 is 0 Å². The lowest BCUT2D eigenvalue weighted by molar-refractivity contribution is -0.125. The smallest absolute Gasteiger partial charge is 0.251 e. The first-order chi connectivity index (χ1) is 16.7. The molecule has 0 saturated heterocycles. The van der Waals surface area contributed by atoms with Gasteiger partial charge < -0.3 is 36.1 Å². The van der Waals surface area contributed by atoms with Crippen LogP contribution in [-0.2, 0) is 16.0 Å². The lowest BCUT2D eigenvalue weighted by Crippen LogP contribution is -2.52. The van der Waals surface area contributed by atoms with Crippen LogP contribution in [0, 0.1) is 0 Å². The molecule has 1 aliphatic rings. The Kier molecular flexibility index (Phi) is 8.45. The van der Waals surface area contributed by atoms with E-state index in [9.17, 15) is 24.6 Å². The standard InChI is InChI=1S/C25H29N3O7/c1-34-17-7-3-14(4-8-17)11-20(23(26)31)28-25(33)16-12-19(22(30)21(29)13-16)27-24(32)15-5-9-18(35-2)10-6-15/h3-10,12,19-22,29-30H,11,13H2,1-2H3,(H2,26,31)(H,27,32)(H,28,33). The van der Waals surface area contributed by atoms with E-state index in [1.807, 2.05) is 0 Å². The van der Waals surface area contributed by atoms with Crippen molar-refractivity contribution in [1.82, 2.24) is 10.6 Å². The molecule has 6 N–H and O–H groups in total. The van der Waals surface area contributed by atoms with Crippen LogP contribution in [0.15, 0.2) is 60.2 Å². The molecule has 0 fully saturated rings. The second-order valence-corrected chi connectivity index (χ2v) is 8.16. The zero-order valence-electron chi connectivity index (χ0n) is 19.4. The number of amides is 3. The minimum atomic E-state index is -1.32. The van der Waals surface area contributed by atoms with E-state index in [1.165, 1.54) is 20.3 Å². The summed E-state index contributed by atoms with van der Waals surface area (Å²) >= 11 is 0. The number of nitrogens with two attached hydrogens (primary N) is 1. The van der Waals surface area contributed by atoms with Crippen molar-refractivity contribution in [2.75, 3.05) is 14.2 Å². The number of methoxy groups -OCH3 is 2. The molecule has 0 heterocycles. The third-order valence-electron chi connectivity index (χ3n) is 5.76. The van der Waals surface area contributed by atoms with Gasteiger partial charge in [0.05, 0.1) is 26.4 Å². The quantitative estimate of drug-likeness (QED) is 0.337. The number of ether oxygens (including phenoxy) is 2. The third kappa shape index (κ3) is 6.58. The highest BCUT2D eigenvalue weighted by Gasteiger charge is 2.34. The number of benzene rings is 2. The number of hydrogen-bond acceptors (Lipinski definition) is 7. The van der Waals surface area contributed by atoms with Gasteiger partial charge in [-0.2, -0.15) is 0 Å². The highest BCUT2D eigenvalue weighted by molar-refractivity contribution is 5.98. The first-order valence-electron chi connectivity index (χ1n) is 11.0. The van der Waals surface area contributed by atoms with E-state index < -0.39 is 42.0 Å².